The fourth-order valence-corrected chi connectivity index (χ4v) is 3.25. The van der Waals surface area contributed by atoms with Crippen LogP contribution in [0.1, 0.15) is 54.0 Å². The topological polar surface area (TPSA) is 111 Å². The molecule has 3 rings (SSSR count). The third kappa shape index (κ3) is 6.02. The number of ether oxygens (including phenoxy) is 1. The molecule has 0 aliphatic carbocycles. The van der Waals surface area contributed by atoms with Gasteiger partial charge in [0.1, 0.15) is 5.69 Å². The van der Waals surface area contributed by atoms with Crippen LogP contribution in [0.25, 0.3) is 11.3 Å². The fourth-order valence-electron chi connectivity index (χ4n) is 3.13. The van der Waals surface area contributed by atoms with E-state index in [4.69, 9.17) is 20.9 Å². The average molecular weight is 484 g/mol. The number of amides is 2. The second-order valence-electron chi connectivity index (χ2n) is 8.52. The normalized spacial score (nSPS) is 11.1. The molecule has 34 heavy (non-hydrogen) atoms. The van der Waals surface area contributed by atoms with Crippen LogP contribution in [-0.2, 0) is 14.9 Å². The molecule has 9 heteroatoms. The zero-order chi connectivity index (χ0) is 24.9. The Balaban J connectivity index is 1.71. The van der Waals surface area contributed by atoms with E-state index in [-0.39, 0.29) is 35.7 Å². The molecule has 2 aromatic carbocycles. The van der Waals surface area contributed by atoms with Crippen LogP contribution >= 0.6 is 11.6 Å². The van der Waals surface area contributed by atoms with Crippen LogP contribution in [0.4, 0.5) is 5.88 Å². The number of anilines is 1. The minimum absolute atomic E-state index is 0.0263. The lowest BCUT2D eigenvalue weighted by atomic mass is 9.87. The largest absolute Gasteiger partial charge is 0.462 e. The summed E-state index contributed by atoms with van der Waals surface area (Å²) in [5.74, 6) is -1.87. The number of hydrogen-bond donors (Lipinski definition) is 2. The first-order valence-corrected chi connectivity index (χ1v) is 11.1. The van der Waals surface area contributed by atoms with E-state index in [1.54, 1.807) is 43.3 Å². The summed E-state index contributed by atoms with van der Waals surface area (Å²) in [7, 11) is 0. The summed E-state index contributed by atoms with van der Waals surface area (Å²) in [6.07, 6.45) is 0. The predicted octanol–water partition coefficient (Wildman–Crippen LogP) is 4.84. The Bertz CT molecular complexity index is 1180. The molecule has 3 aromatic rings. The number of carbonyl (C=O) groups is 3. The Morgan fingerprint density at radius 3 is 2.26 bits per heavy atom. The van der Waals surface area contributed by atoms with Gasteiger partial charge in [-0.25, -0.2) is 4.79 Å². The van der Waals surface area contributed by atoms with E-state index in [1.165, 1.54) is 0 Å². The van der Waals surface area contributed by atoms with Gasteiger partial charge in [-0.05, 0) is 42.2 Å². The van der Waals surface area contributed by atoms with Crippen molar-refractivity contribution in [3.8, 4) is 11.3 Å². The lowest BCUT2D eigenvalue weighted by Crippen LogP contribution is -2.33. The smallest absolute Gasteiger partial charge is 0.346 e. The lowest BCUT2D eigenvalue weighted by Gasteiger charge is -2.19. The van der Waals surface area contributed by atoms with Gasteiger partial charge in [-0.3, -0.25) is 14.9 Å². The number of rotatable bonds is 7. The number of nitrogens with zero attached hydrogens (tertiary/aromatic N) is 1. The van der Waals surface area contributed by atoms with E-state index in [1.807, 2.05) is 12.1 Å². The van der Waals surface area contributed by atoms with Gasteiger partial charge in [0.25, 0.3) is 5.91 Å². The first-order valence-electron chi connectivity index (χ1n) is 10.7. The van der Waals surface area contributed by atoms with Crippen LogP contribution in [-0.4, -0.2) is 36.1 Å². The summed E-state index contributed by atoms with van der Waals surface area (Å²) in [5.41, 5.74) is 2.22. The molecule has 0 saturated carbocycles. The van der Waals surface area contributed by atoms with Crippen molar-refractivity contribution in [1.82, 2.24) is 10.5 Å². The Kier molecular flexibility index (Phi) is 7.73. The van der Waals surface area contributed by atoms with E-state index in [9.17, 15) is 14.4 Å². The molecule has 0 aliphatic heterocycles. The van der Waals surface area contributed by atoms with Crippen molar-refractivity contribution in [3.05, 3.63) is 70.2 Å². The zero-order valence-electron chi connectivity index (χ0n) is 19.4. The third-order valence-corrected chi connectivity index (χ3v) is 5.22. The molecule has 8 nitrogen and oxygen atoms in total. The van der Waals surface area contributed by atoms with Gasteiger partial charge in [-0.1, -0.05) is 61.8 Å². The van der Waals surface area contributed by atoms with Crippen molar-refractivity contribution in [1.29, 1.82) is 0 Å². The molecule has 1 aromatic heterocycles. The van der Waals surface area contributed by atoms with Crippen molar-refractivity contribution in [2.24, 2.45) is 0 Å². The summed E-state index contributed by atoms with van der Waals surface area (Å²) in [5, 5.41) is 9.47. The van der Waals surface area contributed by atoms with Crippen LogP contribution in [0.15, 0.2) is 53.1 Å². The molecule has 2 N–H and O–H groups in total. The standard InChI is InChI=1S/C25H26ClN3O5/c1-5-33-24(32)20-21(15-8-12-18(26)13-9-15)29-34-23(20)28-19(30)14-27-22(31)16-6-10-17(11-7-16)25(2,3)4/h6-13H,5,14H2,1-4H3,(H,27,31)(H,28,30). The molecule has 178 valence electrons. The molecule has 0 atom stereocenters. The van der Waals surface area contributed by atoms with Gasteiger partial charge in [0.2, 0.25) is 11.8 Å². The summed E-state index contributed by atoms with van der Waals surface area (Å²) >= 11 is 5.93. The van der Waals surface area contributed by atoms with Crippen LogP contribution in [0.2, 0.25) is 5.02 Å². The van der Waals surface area contributed by atoms with Crippen LogP contribution < -0.4 is 10.6 Å². The number of halogens is 1. The maximum atomic E-state index is 12.5. The Morgan fingerprint density at radius 2 is 1.68 bits per heavy atom. The van der Waals surface area contributed by atoms with Gasteiger partial charge >= 0.3 is 5.97 Å². The average Bonchev–Trinajstić information content (AvgIpc) is 3.21. The maximum absolute atomic E-state index is 12.5. The highest BCUT2D eigenvalue weighted by molar-refractivity contribution is 6.30. The van der Waals surface area contributed by atoms with Crippen LogP contribution in [0.5, 0.6) is 0 Å². The second-order valence-corrected chi connectivity index (χ2v) is 8.96. The number of benzene rings is 2. The number of carbonyl (C=O) groups excluding carboxylic acids is 3. The Morgan fingerprint density at radius 1 is 1.03 bits per heavy atom. The monoisotopic (exact) mass is 483 g/mol. The molecule has 1 heterocycles. The van der Waals surface area contributed by atoms with E-state index in [0.717, 1.165) is 5.56 Å². The SMILES string of the molecule is CCOC(=O)c1c(-c2ccc(Cl)cc2)noc1NC(=O)CNC(=O)c1ccc(C(C)(C)C)cc1. The number of aromatic nitrogens is 1. The summed E-state index contributed by atoms with van der Waals surface area (Å²) in [6, 6.07) is 13.8. The molecule has 0 spiro atoms. The number of esters is 1. The molecular formula is C25H26ClN3O5. The van der Waals surface area contributed by atoms with Crippen molar-refractivity contribution in [3.63, 3.8) is 0 Å². The van der Waals surface area contributed by atoms with Gasteiger partial charge in [0.05, 0.1) is 13.2 Å². The third-order valence-electron chi connectivity index (χ3n) is 4.96. The summed E-state index contributed by atoms with van der Waals surface area (Å²) < 4.78 is 10.3. The van der Waals surface area contributed by atoms with Crippen LogP contribution in [0, 0.1) is 0 Å². The Labute approximate surface area is 202 Å². The molecule has 0 fully saturated rings. The quantitative estimate of drug-likeness (QED) is 0.465. The molecule has 0 saturated heterocycles. The van der Waals surface area contributed by atoms with Crippen molar-refractivity contribution >= 4 is 35.3 Å². The minimum atomic E-state index is -0.702. The molecule has 0 radical (unpaired) electrons. The Hall–Kier alpha value is -3.65. The van der Waals surface area contributed by atoms with Gasteiger partial charge < -0.3 is 14.6 Å². The van der Waals surface area contributed by atoms with Gasteiger partial charge in [-0.15, -0.1) is 0 Å². The summed E-state index contributed by atoms with van der Waals surface area (Å²) in [4.78, 5) is 37.5. The van der Waals surface area contributed by atoms with E-state index >= 15 is 0 Å². The molecule has 0 aliphatic rings. The number of nitrogens with one attached hydrogen (secondary N) is 2. The first kappa shape index (κ1) is 25.0. The highest BCUT2D eigenvalue weighted by atomic mass is 35.5. The van der Waals surface area contributed by atoms with Crippen molar-refractivity contribution < 1.29 is 23.6 Å². The van der Waals surface area contributed by atoms with Crippen molar-refractivity contribution in [2.75, 3.05) is 18.5 Å². The predicted molar refractivity (Wildman–Crippen MR) is 129 cm³/mol. The van der Waals surface area contributed by atoms with E-state index < -0.39 is 17.8 Å². The first-order chi connectivity index (χ1) is 16.1. The summed E-state index contributed by atoms with van der Waals surface area (Å²) in [6.45, 7) is 7.70. The molecule has 2 amide bonds. The fraction of sp³-hybridized carbons (Fsp3) is 0.280. The second kappa shape index (κ2) is 10.5. The van der Waals surface area contributed by atoms with Crippen molar-refractivity contribution in [2.45, 2.75) is 33.1 Å². The lowest BCUT2D eigenvalue weighted by molar-refractivity contribution is -0.115. The molecular weight excluding hydrogens is 458 g/mol. The van der Waals surface area contributed by atoms with Gasteiger partial charge in [0, 0.05) is 16.1 Å². The highest BCUT2D eigenvalue weighted by Crippen LogP contribution is 2.30. The van der Waals surface area contributed by atoms with Gasteiger partial charge in [0.15, 0.2) is 5.56 Å². The zero-order valence-corrected chi connectivity index (χ0v) is 20.2. The van der Waals surface area contributed by atoms with Crippen LogP contribution in [0.3, 0.4) is 0 Å². The number of hydrogen-bond acceptors (Lipinski definition) is 6. The molecule has 0 bridgehead atoms. The highest BCUT2D eigenvalue weighted by Gasteiger charge is 2.27. The van der Waals surface area contributed by atoms with E-state index in [0.29, 0.717) is 16.1 Å². The molecule has 0 unspecified atom stereocenters. The van der Waals surface area contributed by atoms with E-state index in [2.05, 4.69) is 36.6 Å². The minimum Gasteiger partial charge on any atom is -0.462 e. The maximum Gasteiger partial charge on any atom is 0.346 e. The van der Waals surface area contributed by atoms with Gasteiger partial charge in [-0.2, -0.15) is 0 Å².